The van der Waals surface area contributed by atoms with E-state index < -0.39 is 35.2 Å². The minimum Gasteiger partial charge on any atom is -0.326 e. The summed E-state index contributed by atoms with van der Waals surface area (Å²) in [6, 6.07) is 3.59. The van der Waals surface area contributed by atoms with Crippen LogP contribution in [0, 0.1) is 22.6 Å². The highest BCUT2D eigenvalue weighted by atomic mass is 19.4. The maximum atomic E-state index is 13.6. The first-order valence-corrected chi connectivity index (χ1v) is 11.2. The van der Waals surface area contributed by atoms with Gasteiger partial charge in [-0.2, -0.15) is 18.4 Å². The fourth-order valence-electron chi connectivity index (χ4n) is 5.42. The summed E-state index contributed by atoms with van der Waals surface area (Å²) < 4.78 is 66.1. The van der Waals surface area contributed by atoms with E-state index in [0.29, 0.717) is 50.7 Å². The summed E-state index contributed by atoms with van der Waals surface area (Å²) in [6.45, 7) is -0.117. The van der Waals surface area contributed by atoms with E-state index in [1.165, 1.54) is 4.90 Å². The fourth-order valence-corrected chi connectivity index (χ4v) is 5.42. The Balaban J connectivity index is 1.35. The zero-order valence-electron chi connectivity index (χ0n) is 18.4. The molecule has 1 aliphatic heterocycles. The van der Waals surface area contributed by atoms with Gasteiger partial charge in [-0.25, -0.2) is 8.78 Å². The molecule has 4 fully saturated rings. The lowest BCUT2D eigenvalue weighted by molar-refractivity contribution is -0.140. The van der Waals surface area contributed by atoms with Crippen LogP contribution < -0.4 is 10.6 Å². The highest BCUT2D eigenvalue weighted by Gasteiger charge is 2.52. The van der Waals surface area contributed by atoms with Crippen LogP contribution in [0.1, 0.15) is 50.5 Å². The second-order valence-electron chi connectivity index (χ2n) is 9.58. The third kappa shape index (κ3) is 4.60. The van der Waals surface area contributed by atoms with E-state index in [-0.39, 0.29) is 42.6 Å². The Morgan fingerprint density at radius 3 is 2.38 bits per heavy atom. The van der Waals surface area contributed by atoms with Gasteiger partial charge in [0.25, 0.3) is 0 Å². The summed E-state index contributed by atoms with van der Waals surface area (Å²) in [4.78, 5) is 26.8. The molecule has 34 heavy (non-hydrogen) atoms. The van der Waals surface area contributed by atoms with Crippen molar-refractivity contribution < 1.29 is 31.5 Å². The van der Waals surface area contributed by atoms with Gasteiger partial charge >= 0.3 is 6.18 Å². The molecule has 1 aromatic rings. The van der Waals surface area contributed by atoms with Crippen LogP contribution in [-0.4, -0.2) is 47.6 Å². The minimum absolute atomic E-state index is 0.0174. The summed E-state index contributed by atoms with van der Waals surface area (Å²) in [5, 5.41) is 14.9. The van der Waals surface area contributed by atoms with Crippen molar-refractivity contribution in [3.8, 4) is 6.07 Å². The van der Waals surface area contributed by atoms with Crippen LogP contribution in [-0.2, 0) is 15.8 Å². The molecular formula is C23H25F5N4O2. The molecule has 1 heterocycles. The van der Waals surface area contributed by atoms with Crippen LogP contribution in [0.15, 0.2) is 18.2 Å². The van der Waals surface area contributed by atoms with Crippen LogP contribution in [0.3, 0.4) is 0 Å². The van der Waals surface area contributed by atoms with Crippen molar-refractivity contribution in [3.05, 3.63) is 29.6 Å². The molecule has 0 spiro atoms. The van der Waals surface area contributed by atoms with Gasteiger partial charge in [-0.1, -0.05) is 0 Å². The molecule has 2 bridgehead atoms. The van der Waals surface area contributed by atoms with Gasteiger partial charge in [0, 0.05) is 23.1 Å². The predicted molar refractivity (Wildman–Crippen MR) is 112 cm³/mol. The van der Waals surface area contributed by atoms with Gasteiger partial charge in [-0.05, 0) is 56.7 Å². The second kappa shape index (κ2) is 8.80. The number of anilines is 1. The first-order chi connectivity index (χ1) is 16.0. The van der Waals surface area contributed by atoms with Crippen molar-refractivity contribution in [3.63, 3.8) is 0 Å². The Morgan fingerprint density at radius 1 is 1.15 bits per heavy atom. The number of hydrogen-bond donors (Lipinski definition) is 2. The lowest BCUT2D eigenvalue weighted by Gasteiger charge is -2.52. The van der Waals surface area contributed by atoms with Gasteiger partial charge in [-0.15, -0.1) is 0 Å². The van der Waals surface area contributed by atoms with Gasteiger partial charge in [0.05, 0.1) is 24.7 Å². The van der Waals surface area contributed by atoms with E-state index in [0.717, 1.165) is 6.07 Å². The first kappa shape index (κ1) is 24.4. The minimum atomic E-state index is -4.87. The van der Waals surface area contributed by atoms with Crippen molar-refractivity contribution in [2.75, 3.05) is 18.4 Å². The molecule has 4 aliphatic rings. The predicted octanol–water partition coefficient (Wildman–Crippen LogP) is 3.93. The Kier molecular flexibility index (Phi) is 6.31. The van der Waals surface area contributed by atoms with Crippen LogP contribution in [0.5, 0.6) is 0 Å². The Bertz CT molecular complexity index is 997. The number of amides is 2. The number of carbonyl (C=O) groups is 2. The Labute approximate surface area is 193 Å². The first-order valence-electron chi connectivity index (χ1n) is 11.2. The number of nitrogens with one attached hydrogen (secondary N) is 2. The van der Waals surface area contributed by atoms with E-state index in [4.69, 9.17) is 5.26 Å². The molecule has 184 valence electrons. The summed E-state index contributed by atoms with van der Waals surface area (Å²) in [6.07, 6.45) is -2.80. The molecule has 0 radical (unpaired) electrons. The van der Waals surface area contributed by atoms with Crippen molar-refractivity contribution >= 4 is 17.5 Å². The van der Waals surface area contributed by atoms with Crippen LogP contribution in [0.2, 0.25) is 0 Å². The highest BCUT2D eigenvalue weighted by Crippen LogP contribution is 2.53. The number of benzene rings is 1. The molecule has 1 saturated heterocycles. The molecule has 0 aromatic heterocycles. The lowest BCUT2D eigenvalue weighted by Crippen LogP contribution is -2.59. The Morgan fingerprint density at radius 2 is 1.79 bits per heavy atom. The van der Waals surface area contributed by atoms with Crippen LogP contribution >= 0.6 is 0 Å². The zero-order valence-corrected chi connectivity index (χ0v) is 18.4. The molecule has 2 atom stereocenters. The SMILES string of the molecule is N#C[C@@H]1C[C@H](F)CN1C(=O)CNC12CCC(C(=O)Nc3ccc(F)c(C(F)(F)F)c3)(CC1)CC2. The van der Waals surface area contributed by atoms with Gasteiger partial charge in [0.2, 0.25) is 11.8 Å². The molecule has 11 heteroatoms. The maximum Gasteiger partial charge on any atom is 0.419 e. The fraction of sp³-hybridized carbons (Fsp3) is 0.609. The lowest BCUT2D eigenvalue weighted by atomic mass is 9.57. The molecule has 5 rings (SSSR count). The van der Waals surface area contributed by atoms with Crippen molar-refractivity contribution in [1.29, 1.82) is 5.26 Å². The second-order valence-corrected chi connectivity index (χ2v) is 9.58. The van der Waals surface area contributed by atoms with E-state index in [1.807, 2.05) is 6.07 Å². The molecule has 2 amide bonds. The van der Waals surface area contributed by atoms with Crippen LogP contribution in [0.25, 0.3) is 0 Å². The molecule has 3 aliphatic carbocycles. The number of fused-ring (bicyclic) bond motifs is 3. The summed E-state index contributed by atoms with van der Waals surface area (Å²) >= 11 is 0. The smallest absolute Gasteiger partial charge is 0.326 e. The number of rotatable bonds is 5. The number of alkyl halides is 4. The topological polar surface area (TPSA) is 85.2 Å². The summed E-state index contributed by atoms with van der Waals surface area (Å²) in [5.74, 6) is -2.13. The van der Waals surface area contributed by atoms with Gasteiger partial charge in [-0.3, -0.25) is 9.59 Å². The molecule has 2 N–H and O–H groups in total. The van der Waals surface area contributed by atoms with Gasteiger partial charge in [0.15, 0.2) is 0 Å². The van der Waals surface area contributed by atoms with Crippen molar-refractivity contribution in [2.24, 2.45) is 5.41 Å². The molecule has 1 aromatic carbocycles. The maximum absolute atomic E-state index is 13.6. The van der Waals surface area contributed by atoms with E-state index in [2.05, 4.69) is 10.6 Å². The van der Waals surface area contributed by atoms with Gasteiger partial charge in [0.1, 0.15) is 18.0 Å². The third-order valence-electron chi connectivity index (χ3n) is 7.59. The van der Waals surface area contributed by atoms with Crippen molar-refractivity contribution in [2.45, 2.75) is 68.9 Å². The standard InChI is InChI=1S/C23H25F5N4O2/c24-14-9-16(11-29)32(13-14)19(33)12-30-22-6-3-21(4-7-22,5-8-22)20(34)31-15-1-2-18(25)17(10-15)23(26,27)28/h1-2,10,14,16,30H,3-9,12-13H2,(H,31,34)/t14-,16-,21?,22?/m0/s1. The van der Waals surface area contributed by atoms with E-state index >= 15 is 0 Å². The number of likely N-dealkylation sites (tertiary alicyclic amines) is 1. The molecule has 3 saturated carbocycles. The Hall–Kier alpha value is -2.74. The number of nitrogens with zero attached hydrogens (tertiary/aromatic N) is 2. The zero-order chi connectivity index (χ0) is 24.7. The normalized spacial score (nSPS) is 30.8. The summed E-state index contributed by atoms with van der Waals surface area (Å²) in [7, 11) is 0. The molecule has 6 nitrogen and oxygen atoms in total. The summed E-state index contributed by atoms with van der Waals surface area (Å²) in [5.41, 5.74) is -2.63. The number of carbonyl (C=O) groups excluding carboxylic acids is 2. The average Bonchev–Trinajstić information content (AvgIpc) is 3.20. The molecular weight excluding hydrogens is 459 g/mol. The number of hydrogen-bond acceptors (Lipinski definition) is 4. The van der Waals surface area contributed by atoms with E-state index in [9.17, 15) is 31.5 Å². The highest BCUT2D eigenvalue weighted by molar-refractivity contribution is 5.95. The number of nitriles is 1. The van der Waals surface area contributed by atoms with E-state index in [1.54, 1.807) is 0 Å². The monoisotopic (exact) mass is 484 g/mol. The average molecular weight is 484 g/mol. The third-order valence-corrected chi connectivity index (χ3v) is 7.59. The van der Waals surface area contributed by atoms with Gasteiger partial charge < -0.3 is 15.5 Å². The van der Waals surface area contributed by atoms with Crippen molar-refractivity contribution in [1.82, 2.24) is 10.2 Å². The van der Waals surface area contributed by atoms with Crippen LogP contribution in [0.4, 0.5) is 27.6 Å². The molecule has 0 unspecified atom stereocenters. The largest absolute Gasteiger partial charge is 0.419 e. The number of halogens is 5. The quantitative estimate of drug-likeness (QED) is 0.621.